The lowest BCUT2D eigenvalue weighted by molar-refractivity contribution is -0.114. The van der Waals surface area contributed by atoms with E-state index in [9.17, 15) is 4.79 Å². The van der Waals surface area contributed by atoms with Gasteiger partial charge in [0, 0.05) is 46.3 Å². The van der Waals surface area contributed by atoms with Crippen LogP contribution in [0.1, 0.15) is 24.3 Å². The quantitative estimate of drug-likeness (QED) is 0.775. The number of allylic oxidation sites excluding steroid dienone is 1. The number of aromatic nitrogens is 1. The summed E-state index contributed by atoms with van der Waals surface area (Å²) in [6.07, 6.45) is 7.93. The van der Waals surface area contributed by atoms with Crippen molar-refractivity contribution in [1.82, 2.24) is 4.57 Å². The standard InChI is InChI=1S/C17H19NOS2/c1-18-10-13(11-6-4-5-7-14(11)18)12-8-9-15(19)16(12)17(20-2)21-3/h4-7,10,12H,8-9H2,1-3H3. The first-order chi connectivity index (χ1) is 10.2. The molecule has 0 radical (unpaired) electrons. The van der Waals surface area contributed by atoms with Gasteiger partial charge in [0.2, 0.25) is 0 Å². The Hall–Kier alpha value is -1.13. The zero-order valence-corrected chi connectivity index (χ0v) is 14.2. The molecule has 0 N–H and O–H groups in total. The van der Waals surface area contributed by atoms with Crippen LogP contribution in [0, 0.1) is 0 Å². The van der Waals surface area contributed by atoms with E-state index in [-0.39, 0.29) is 5.92 Å². The lowest BCUT2D eigenvalue weighted by atomic mass is 9.94. The van der Waals surface area contributed by atoms with Crippen LogP contribution in [0.2, 0.25) is 0 Å². The van der Waals surface area contributed by atoms with Gasteiger partial charge in [-0.3, -0.25) is 4.79 Å². The van der Waals surface area contributed by atoms with E-state index < -0.39 is 0 Å². The number of thioether (sulfide) groups is 2. The van der Waals surface area contributed by atoms with Crippen molar-refractivity contribution in [2.24, 2.45) is 7.05 Å². The molecule has 110 valence electrons. The number of hydrogen-bond acceptors (Lipinski definition) is 3. The summed E-state index contributed by atoms with van der Waals surface area (Å²) in [5.74, 6) is 0.574. The van der Waals surface area contributed by atoms with E-state index >= 15 is 0 Å². The van der Waals surface area contributed by atoms with Crippen molar-refractivity contribution in [3.63, 3.8) is 0 Å². The minimum absolute atomic E-state index is 0.249. The highest BCUT2D eigenvalue weighted by molar-refractivity contribution is 8.21. The van der Waals surface area contributed by atoms with Crippen LogP contribution < -0.4 is 0 Å². The van der Waals surface area contributed by atoms with Crippen molar-refractivity contribution in [3.05, 3.63) is 45.8 Å². The molecule has 0 bridgehead atoms. The largest absolute Gasteiger partial charge is 0.350 e. The van der Waals surface area contributed by atoms with E-state index in [1.54, 1.807) is 23.5 Å². The third-order valence-corrected chi connectivity index (χ3v) is 6.38. The minimum Gasteiger partial charge on any atom is -0.350 e. The van der Waals surface area contributed by atoms with E-state index in [1.165, 1.54) is 20.7 Å². The summed E-state index contributed by atoms with van der Waals surface area (Å²) < 4.78 is 3.35. The van der Waals surface area contributed by atoms with Crippen LogP contribution in [-0.2, 0) is 11.8 Å². The van der Waals surface area contributed by atoms with Crippen molar-refractivity contribution in [2.45, 2.75) is 18.8 Å². The SMILES string of the molecule is CSC(SC)=C1C(=O)CCC1c1cn(C)c2ccccc12. The molecule has 1 unspecified atom stereocenters. The second kappa shape index (κ2) is 5.93. The summed E-state index contributed by atoms with van der Waals surface area (Å²) in [5, 5.41) is 1.28. The summed E-state index contributed by atoms with van der Waals surface area (Å²) in [5.41, 5.74) is 3.57. The molecule has 0 aliphatic heterocycles. The maximum atomic E-state index is 12.4. The van der Waals surface area contributed by atoms with Gasteiger partial charge < -0.3 is 4.57 Å². The highest BCUT2D eigenvalue weighted by Crippen LogP contribution is 2.45. The Morgan fingerprint density at radius 3 is 2.67 bits per heavy atom. The third kappa shape index (κ3) is 2.44. The molecule has 0 saturated heterocycles. The predicted molar refractivity (Wildman–Crippen MR) is 94.0 cm³/mol. The number of nitrogens with zero attached hydrogens (tertiary/aromatic N) is 1. The van der Waals surface area contributed by atoms with Crippen molar-refractivity contribution in [3.8, 4) is 0 Å². The highest BCUT2D eigenvalue weighted by Gasteiger charge is 2.33. The molecular weight excluding hydrogens is 298 g/mol. The second-order valence-corrected chi connectivity index (χ2v) is 7.23. The highest BCUT2D eigenvalue weighted by atomic mass is 32.2. The van der Waals surface area contributed by atoms with Crippen LogP contribution in [0.3, 0.4) is 0 Å². The van der Waals surface area contributed by atoms with Gasteiger partial charge in [0.25, 0.3) is 0 Å². The summed E-state index contributed by atoms with van der Waals surface area (Å²) in [4.78, 5) is 12.4. The molecule has 1 aliphatic rings. The molecule has 0 spiro atoms. The summed E-state index contributed by atoms with van der Waals surface area (Å²) in [7, 11) is 2.08. The molecule has 1 aromatic carbocycles. The van der Waals surface area contributed by atoms with Gasteiger partial charge in [-0.1, -0.05) is 18.2 Å². The van der Waals surface area contributed by atoms with Gasteiger partial charge >= 0.3 is 0 Å². The molecule has 4 heteroatoms. The van der Waals surface area contributed by atoms with Gasteiger partial charge in [0.1, 0.15) is 0 Å². The smallest absolute Gasteiger partial charge is 0.161 e. The summed E-state index contributed by atoms with van der Waals surface area (Å²) >= 11 is 3.39. The fourth-order valence-electron chi connectivity index (χ4n) is 3.27. The Kier molecular flexibility index (Phi) is 4.18. The van der Waals surface area contributed by atoms with E-state index in [4.69, 9.17) is 0 Å². The zero-order chi connectivity index (χ0) is 15.0. The first-order valence-electron chi connectivity index (χ1n) is 7.06. The minimum atomic E-state index is 0.249. The zero-order valence-electron chi connectivity index (χ0n) is 12.6. The summed E-state index contributed by atoms with van der Waals surface area (Å²) in [6, 6.07) is 8.46. The van der Waals surface area contributed by atoms with Gasteiger partial charge in [-0.2, -0.15) is 0 Å². The van der Waals surface area contributed by atoms with Gasteiger partial charge in [0.05, 0.1) is 0 Å². The molecule has 1 aromatic heterocycles. The average molecular weight is 317 g/mol. The van der Waals surface area contributed by atoms with Crippen LogP contribution in [-0.4, -0.2) is 22.9 Å². The number of Topliss-reactive ketones (excluding diaryl/α,β-unsaturated/α-hetero) is 1. The predicted octanol–water partition coefficient (Wildman–Crippen LogP) is 4.56. The fourth-order valence-corrected chi connectivity index (χ4v) is 4.89. The molecule has 1 aliphatic carbocycles. The number of carbonyl (C=O) groups excluding carboxylic acids is 1. The van der Waals surface area contributed by atoms with E-state index in [2.05, 4.69) is 54.6 Å². The molecule has 0 amide bonds. The molecule has 2 aromatic rings. The Morgan fingerprint density at radius 1 is 1.24 bits per heavy atom. The Labute approximate surface area is 134 Å². The molecule has 21 heavy (non-hydrogen) atoms. The first kappa shape index (κ1) is 14.8. The van der Waals surface area contributed by atoms with Crippen LogP contribution >= 0.6 is 23.5 Å². The molecule has 3 rings (SSSR count). The molecular formula is C17H19NOS2. The molecule has 1 saturated carbocycles. The molecule has 1 atom stereocenters. The fraction of sp³-hybridized carbons (Fsp3) is 0.353. The maximum absolute atomic E-state index is 12.4. The topological polar surface area (TPSA) is 22.0 Å². The van der Waals surface area contributed by atoms with E-state index in [0.29, 0.717) is 12.2 Å². The number of carbonyl (C=O) groups is 1. The number of ketones is 1. The van der Waals surface area contributed by atoms with Gasteiger partial charge in [-0.15, -0.1) is 23.5 Å². The first-order valence-corrected chi connectivity index (χ1v) is 9.51. The van der Waals surface area contributed by atoms with Crippen molar-refractivity contribution in [1.29, 1.82) is 0 Å². The number of hydrogen-bond donors (Lipinski definition) is 0. The average Bonchev–Trinajstić information content (AvgIpc) is 3.03. The van der Waals surface area contributed by atoms with Crippen LogP contribution in [0.15, 0.2) is 40.3 Å². The number of para-hydroxylation sites is 1. The Balaban J connectivity index is 2.18. The molecule has 2 nitrogen and oxygen atoms in total. The Bertz CT molecular complexity index is 723. The Morgan fingerprint density at radius 2 is 1.95 bits per heavy atom. The van der Waals surface area contributed by atoms with Crippen LogP contribution in [0.4, 0.5) is 0 Å². The number of fused-ring (bicyclic) bond motifs is 1. The van der Waals surface area contributed by atoms with E-state index in [1.807, 2.05) is 0 Å². The summed E-state index contributed by atoms with van der Waals surface area (Å²) in [6.45, 7) is 0. The van der Waals surface area contributed by atoms with Crippen LogP contribution in [0.5, 0.6) is 0 Å². The normalized spacial score (nSPS) is 18.7. The van der Waals surface area contributed by atoms with Crippen molar-refractivity contribution >= 4 is 40.2 Å². The molecule has 1 heterocycles. The monoisotopic (exact) mass is 317 g/mol. The lowest BCUT2D eigenvalue weighted by Gasteiger charge is -2.13. The van der Waals surface area contributed by atoms with Gasteiger partial charge in [-0.25, -0.2) is 0 Å². The number of rotatable bonds is 3. The van der Waals surface area contributed by atoms with Crippen LogP contribution in [0.25, 0.3) is 10.9 Å². The number of benzene rings is 1. The van der Waals surface area contributed by atoms with Crippen molar-refractivity contribution in [2.75, 3.05) is 12.5 Å². The van der Waals surface area contributed by atoms with Gasteiger partial charge in [0.15, 0.2) is 5.78 Å². The lowest BCUT2D eigenvalue weighted by Crippen LogP contribution is -2.02. The maximum Gasteiger partial charge on any atom is 0.161 e. The number of aryl methyl sites for hydroxylation is 1. The van der Waals surface area contributed by atoms with E-state index in [0.717, 1.165) is 12.0 Å². The third-order valence-electron chi connectivity index (χ3n) is 4.20. The van der Waals surface area contributed by atoms with Gasteiger partial charge in [-0.05, 0) is 30.6 Å². The molecule has 1 fully saturated rings. The second-order valence-electron chi connectivity index (χ2n) is 5.34. The van der Waals surface area contributed by atoms with Crippen molar-refractivity contribution < 1.29 is 4.79 Å².